The first-order valence-electron chi connectivity index (χ1n) is 9.94. The molecule has 2 aromatic heterocycles. The zero-order valence-electron chi connectivity index (χ0n) is 17.1. The lowest BCUT2D eigenvalue weighted by Crippen LogP contribution is -2.48. The molecule has 0 spiro atoms. The lowest BCUT2D eigenvalue weighted by atomic mass is 9.93. The Labute approximate surface area is 174 Å². The second-order valence-corrected chi connectivity index (χ2v) is 9.29. The Bertz CT molecular complexity index is 939. The van der Waals surface area contributed by atoms with E-state index in [1.165, 1.54) is 11.3 Å². The monoisotopic (exact) mass is 413 g/mol. The summed E-state index contributed by atoms with van der Waals surface area (Å²) in [6.07, 6.45) is 2.57. The molecule has 0 aliphatic carbocycles. The van der Waals surface area contributed by atoms with Crippen LogP contribution in [-0.2, 0) is 21.4 Å². The van der Waals surface area contributed by atoms with E-state index in [1.807, 2.05) is 41.4 Å². The number of rotatable bonds is 5. The molecule has 29 heavy (non-hydrogen) atoms. The van der Waals surface area contributed by atoms with E-state index in [4.69, 9.17) is 9.72 Å². The van der Waals surface area contributed by atoms with Crippen LogP contribution in [0.5, 0.6) is 0 Å². The molecule has 1 saturated heterocycles. The number of nitrogens with zero attached hydrogens (tertiary/aromatic N) is 4. The van der Waals surface area contributed by atoms with Gasteiger partial charge in [-0.25, -0.2) is 9.50 Å². The molecule has 4 rings (SSSR count). The van der Waals surface area contributed by atoms with Crippen LogP contribution in [0.4, 0.5) is 5.13 Å². The quantitative estimate of drug-likeness (QED) is 0.696. The van der Waals surface area contributed by atoms with Crippen LogP contribution in [-0.4, -0.2) is 57.8 Å². The molecule has 1 unspecified atom stereocenters. The van der Waals surface area contributed by atoms with Crippen molar-refractivity contribution in [2.45, 2.75) is 38.6 Å². The maximum absolute atomic E-state index is 13.2. The molecular formula is C21H27N5O2S. The Morgan fingerprint density at radius 3 is 2.62 bits per heavy atom. The van der Waals surface area contributed by atoms with Crippen molar-refractivity contribution in [3.05, 3.63) is 47.8 Å². The van der Waals surface area contributed by atoms with Crippen molar-refractivity contribution in [3.63, 3.8) is 0 Å². The Morgan fingerprint density at radius 1 is 1.24 bits per heavy atom. The molecular weight excluding hydrogens is 386 g/mol. The van der Waals surface area contributed by atoms with Crippen LogP contribution < -0.4 is 5.32 Å². The molecule has 8 heteroatoms. The highest BCUT2D eigenvalue weighted by Crippen LogP contribution is 2.26. The molecule has 1 N–H and O–H groups in total. The first-order valence-corrected chi connectivity index (χ1v) is 10.8. The molecule has 0 saturated carbocycles. The molecule has 3 aromatic rings. The average molecular weight is 414 g/mol. The van der Waals surface area contributed by atoms with Crippen molar-refractivity contribution < 1.29 is 9.53 Å². The van der Waals surface area contributed by atoms with Crippen molar-refractivity contribution in [2.75, 3.05) is 31.6 Å². The summed E-state index contributed by atoms with van der Waals surface area (Å²) < 4.78 is 7.20. The fraction of sp³-hybridized carbons (Fsp3) is 0.476. The standard InChI is InChI=1S/C21H27N5O2S/c1-21(2,3)17-14-26-20(23-17)29-19(24-26)22-16(13-15-7-5-4-6-8-15)18(27)25-9-11-28-12-10-25/h4-8,14,16H,9-13H2,1-3H3,(H,22,24). The van der Waals surface area contributed by atoms with Crippen molar-refractivity contribution in [1.29, 1.82) is 0 Å². The van der Waals surface area contributed by atoms with Gasteiger partial charge in [0.05, 0.1) is 25.1 Å². The number of hydrogen-bond acceptors (Lipinski definition) is 6. The third-order valence-corrected chi connectivity index (χ3v) is 5.87. The van der Waals surface area contributed by atoms with E-state index in [-0.39, 0.29) is 17.4 Å². The Balaban J connectivity index is 1.56. The average Bonchev–Trinajstić information content (AvgIpc) is 3.27. The maximum atomic E-state index is 13.2. The maximum Gasteiger partial charge on any atom is 0.245 e. The third kappa shape index (κ3) is 4.59. The van der Waals surface area contributed by atoms with Crippen molar-refractivity contribution in [1.82, 2.24) is 19.5 Å². The van der Waals surface area contributed by atoms with Crippen LogP contribution >= 0.6 is 11.3 Å². The van der Waals surface area contributed by atoms with Crippen LogP contribution in [0.1, 0.15) is 32.0 Å². The molecule has 1 atom stereocenters. The summed E-state index contributed by atoms with van der Waals surface area (Å²) >= 11 is 1.47. The summed E-state index contributed by atoms with van der Waals surface area (Å²) in [5.41, 5.74) is 2.10. The van der Waals surface area contributed by atoms with Gasteiger partial charge >= 0.3 is 0 Å². The van der Waals surface area contributed by atoms with Crippen LogP contribution in [0.2, 0.25) is 0 Å². The molecule has 1 fully saturated rings. The molecule has 7 nitrogen and oxygen atoms in total. The highest BCUT2D eigenvalue weighted by molar-refractivity contribution is 7.20. The van der Waals surface area contributed by atoms with Crippen LogP contribution in [0, 0.1) is 0 Å². The van der Waals surface area contributed by atoms with Crippen molar-refractivity contribution in [2.24, 2.45) is 0 Å². The molecule has 0 radical (unpaired) electrons. The van der Waals surface area contributed by atoms with E-state index >= 15 is 0 Å². The van der Waals surface area contributed by atoms with E-state index < -0.39 is 0 Å². The normalized spacial score (nSPS) is 16.2. The van der Waals surface area contributed by atoms with Gasteiger partial charge in [-0.1, -0.05) is 62.4 Å². The van der Waals surface area contributed by atoms with Crippen LogP contribution in [0.3, 0.4) is 0 Å². The summed E-state index contributed by atoms with van der Waals surface area (Å²) in [7, 11) is 0. The number of benzene rings is 1. The second-order valence-electron chi connectivity index (χ2n) is 8.33. The number of anilines is 1. The number of morpholine rings is 1. The minimum absolute atomic E-state index is 0.0246. The molecule has 3 heterocycles. The number of fused-ring (bicyclic) bond motifs is 1. The van der Waals surface area contributed by atoms with Crippen LogP contribution in [0.25, 0.3) is 4.96 Å². The smallest absolute Gasteiger partial charge is 0.245 e. The summed E-state index contributed by atoms with van der Waals surface area (Å²) in [6, 6.07) is 9.69. The van der Waals surface area contributed by atoms with Gasteiger partial charge in [-0.05, 0) is 5.56 Å². The highest BCUT2D eigenvalue weighted by Gasteiger charge is 2.27. The molecule has 1 aliphatic heterocycles. The zero-order valence-corrected chi connectivity index (χ0v) is 17.9. The van der Waals surface area contributed by atoms with E-state index in [9.17, 15) is 4.79 Å². The molecule has 1 amide bonds. The summed E-state index contributed by atoms with van der Waals surface area (Å²) in [6.45, 7) is 8.83. The van der Waals surface area contributed by atoms with Crippen LogP contribution in [0.15, 0.2) is 36.5 Å². The van der Waals surface area contributed by atoms with Gasteiger partial charge in [0.15, 0.2) is 0 Å². The minimum Gasteiger partial charge on any atom is -0.378 e. The van der Waals surface area contributed by atoms with Gasteiger partial charge < -0.3 is 15.0 Å². The second kappa shape index (κ2) is 8.12. The number of carbonyl (C=O) groups is 1. The van der Waals surface area contributed by atoms with E-state index in [0.717, 1.165) is 16.2 Å². The van der Waals surface area contributed by atoms with E-state index in [1.54, 1.807) is 4.52 Å². The number of carbonyl (C=O) groups excluding carboxylic acids is 1. The van der Waals surface area contributed by atoms with Crippen molar-refractivity contribution >= 4 is 27.3 Å². The molecule has 1 aromatic carbocycles. The predicted octanol–water partition coefficient (Wildman–Crippen LogP) is 2.97. The van der Waals surface area contributed by atoms with E-state index in [0.29, 0.717) is 37.9 Å². The fourth-order valence-corrected chi connectivity index (χ4v) is 4.16. The number of imidazole rings is 1. The van der Waals surface area contributed by atoms with Gasteiger partial charge in [-0.15, -0.1) is 5.10 Å². The summed E-state index contributed by atoms with van der Waals surface area (Å²) in [4.78, 5) is 20.6. The highest BCUT2D eigenvalue weighted by atomic mass is 32.1. The fourth-order valence-electron chi connectivity index (χ4n) is 3.32. The number of ether oxygens (including phenoxy) is 1. The van der Waals surface area contributed by atoms with Gasteiger partial charge in [-0.2, -0.15) is 0 Å². The Morgan fingerprint density at radius 2 is 1.97 bits per heavy atom. The first-order chi connectivity index (χ1) is 13.9. The Kier molecular flexibility index (Phi) is 5.56. The Hall–Kier alpha value is -2.45. The number of nitrogens with one attached hydrogen (secondary N) is 1. The molecule has 1 aliphatic rings. The topological polar surface area (TPSA) is 71.8 Å². The number of amides is 1. The van der Waals surface area contributed by atoms with Crippen molar-refractivity contribution in [3.8, 4) is 0 Å². The lowest BCUT2D eigenvalue weighted by molar-refractivity contribution is -0.136. The van der Waals surface area contributed by atoms with Gasteiger partial charge in [0.25, 0.3) is 0 Å². The first kappa shape index (κ1) is 19.8. The van der Waals surface area contributed by atoms with Gasteiger partial charge in [0.2, 0.25) is 16.0 Å². The third-order valence-electron chi connectivity index (χ3n) is 5.01. The minimum atomic E-state index is -0.381. The number of hydrogen-bond donors (Lipinski definition) is 1. The SMILES string of the molecule is CC(C)(C)c1cn2nc(NC(Cc3ccccc3)C(=O)N3CCOCC3)sc2n1. The molecule has 154 valence electrons. The summed E-state index contributed by atoms with van der Waals surface area (Å²) in [5, 5.41) is 8.70. The predicted molar refractivity (Wildman–Crippen MR) is 115 cm³/mol. The molecule has 0 bridgehead atoms. The largest absolute Gasteiger partial charge is 0.378 e. The lowest BCUT2D eigenvalue weighted by Gasteiger charge is -2.30. The van der Waals surface area contributed by atoms with Gasteiger partial charge in [-0.3, -0.25) is 4.79 Å². The van der Waals surface area contributed by atoms with E-state index in [2.05, 4.69) is 31.2 Å². The number of aromatic nitrogens is 3. The van der Waals surface area contributed by atoms with Gasteiger partial charge in [0, 0.05) is 24.9 Å². The summed E-state index contributed by atoms with van der Waals surface area (Å²) in [5.74, 6) is 0.0837. The zero-order chi connectivity index (χ0) is 20.4. The van der Waals surface area contributed by atoms with Gasteiger partial charge in [0.1, 0.15) is 6.04 Å².